The number of fused-ring (bicyclic) bond motifs is 2. The molecule has 0 radical (unpaired) electrons. The molecular weight excluding hydrogens is 369 g/mol. The van der Waals surface area contributed by atoms with Crippen LogP contribution in [0.15, 0.2) is 42.5 Å². The van der Waals surface area contributed by atoms with Gasteiger partial charge in [0.25, 0.3) is 0 Å². The zero-order chi connectivity index (χ0) is 19.1. The average Bonchev–Trinajstić information content (AvgIpc) is 3.23. The predicted molar refractivity (Wildman–Crippen MR) is 84.4 cm³/mol. The lowest BCUT2D eigenvalue weighted by molar-refractivity contribution is -0.317. The molecule has 2 N–H and O–H groups in total. The summed E-state index contributed by atoms with van der Waals surface area (Å²) in [7, 11) is 0. The van der Waals surface area contributed by atoms with Crippen molar-refractivity contribution in [2.75, 3.05) is 6.79 Å². The summed E-state index contributed by atoms with van der Waals surface area (Å²) in [6.07, 6.45) is -5.01. The summed E-state index contributed by atoms with van der Waals surface area (Å²) < 4.78 is 60.7. The van der Waals surface area contributed by atoms with E-state index in [1.54, 1.807) is 23.5 Å². The molecule has 0 fully saturated rings. The smallest absolute Gasteiger partial charge is 0.454 e. The Morgan fingerprint density at radius 3 is 2.33 bits per heavy atom. The van der Waals surface area contributed by atoms with Gasteiger partial charge in [0, 0.05) is 6.54 Å². The molecule has 2 heterocycles. The van der Waals surface area contributed by atoms with E-state index in [9.17, 15) is 18.0 Å². The molecule has 27 heavy (non-hydrogen) atoms. The van der Waals surface area contributed by atoms with Gasteiger partial charge in [-0.3, -0.25) is 5.32 Å². The van der Waals surface area contributed by atoms with Crippen LogP contribution >= 0.6 is 0 Å². The molecule has 4 rings (SSSR count). The minimum atomic E-state index is -5.01. The first-order chi connectivity index (χ1) is 12.9. The maximum Gasteiger partial charge on any atom is 0.492 e. The number of hydrogen-bond donors (Lipinski definition) is 2. The van der Waals surface area contributed by atoms with Crippen LogP contribution in [0.4, 0.5) is 18.0 Å². The van der Waals surface area contributed by atoms with Gasteiger partial charge >= 0.3 is 18.1 Å². The summed E-state index contributed by atoms with van der Waals surface area (Å²) in [6.45, 7) is 0.0550. The van der Waals surface area contributed by atoms with E-state index in [2.05, 4.69) is 5.32 Å². The molecule has 2 aromatic carbocycles. The topological polar surface area (TPSA) is 78.1 Å². The monoisotopic (exact) mass is 382 g/mol. The van der Waals surface area contributed by atoms with Crippen molar-refractivity contribution in [3.63, 3.8) is 0 Å². The predicted octanol–water partition coefficient (Wildman–Crippen LogP) is 2.90. The van der Waals surface area contributed by atoms with Gasteiger partial charge in [-0.15, -0.1) is 0 Å². The molecule has 0 aromatic heterocycles. The molecule has 0 spiro atoms. The van der Waals surface area contributed by atoms with Crippen molar-refractivity contribution in [1.82, 2.24) is 10.6 Å². The number of rotatable bonds is 3. The van der Waals surface area contributed by atoms with Crippen LogP contribution in [-0.2, 0) is 6.54 Å². The van der Waals surface area contributed by atoms with E-state index in [1.807, 2.05) is 0 Å². The molecule has 0 bridgehead atoms. The molecule has 0 saturated heterocycles. The largest absolute Gasteiger partial charge is 0.492 e. The minimum absolute atomic E-state index is 0.0383. The van der Waals surface area contributed by atoms with Gasteiger partial charge in [0.15, 0.2) is 23.0 Å². The molecule has 142 valence electrons. The second kappa shape index (κ2) is 6.15. The van der Waals surface area contributed by atoms with Gasteiger partial charge in [-0.05, 0) is 29.8 Å². The highest BCUT2D eigenvalue weighted by Gasteiger charge is 2.65. The van der Waals surface area contributed by atoms with E-state index in [0.29, 0.717) is 17.1 Å². The number of amides is 2. The minimum Gasteiger partial charge on any atom is -0.454 e. The average molecular weight is 382 g/mol. The van der Waals surface area contributed by atoms with Crippen LogP contribution in [0.5, 0.6) is 23.0 Å². The molecule has 7 nitrogen and oxygen atoms in total. The number of alkyl halides is 3. The lowest BCUT2D eigenvalue weighted by Gasteiger charge is -2.29. The van der Waals surface area contributed by atoms with E-state index in [1.165, 1.54) is 24.3 Å². The highest BCUT2D eigenvalue weighted by atomic mass is 19.4. The van der Waals surface area contributed by atoms with Crippen LogP contribution in [-0.4, -0.2) is 24.9 Å². The molecule has 2 aromatic rings. The molecule has 0 atom stereocenters. The summed E-state index contributed by atoms with van der Waals surface area (Å²) in [4.78, 5) is 12.1. The zero-order valence-corrected chi connectivity index (χ0v) is 13.6. The Labute approximate surface area is 151 Å². The van der Waals surface area contributed by atoms with Crippen molar-refractivity contribution in [2.24, 2.45) is 0 Å². The lowest BCUT2D eigenvalue weighted by Crippen LogP contribution is -2.66. The van der Waals surface area contributed by atoms with E-state index < -0.39 is 18.1 Å². The van der Waals surface area contributed by atoms with Gasteiger partial charge in [0.2, 0.25) is 6.79 Å². The Morgan fingerprint density at radius 2 is 1.67 bits per heavy atom. The number of benzene rings is 2. The Balaban J connectivity index is 1.44. The molecular formula is C17H13F3N2O5. The molecule has 2 amide bonds. The fourth-order valence-electron chi connectivity index (χ4n) is 2.61. The number of urea groups is 1. The summed E-state index contributed by atoms with van der Waals surface area (Å²) in [5.74, 6) is -2.48. The van der Waals surface area contributed by atoms with Crippen molar-refractivity contribution in [3.05, 3.63) is 48.0 Å². The third-order valence-electron chi connectivity index (χ3n) is 3.90. The number of ether oxygens (including phenoxy) is 4. The maximum atomic E-state index is 13.5. The summed E-state index contributed by atoms with van der Waals surface area (Å²) in [5.41, 5.74) is 0.618. The lowest BCUT2D eigenvalue weighted by atomic mass is 10.2. The van der Waals surface area contributed by atoms with Crippen LogP contribution in [0.25, 0.3) is 0 Å². The Hall–Kier alpha value is -3.30. The zero-order valence-electron chi connectivity index (χ0n) is 13.6. The summed E-state index contributed by atoms with van der Waals surface area (Å²) in [6, 6.07) is 9.44. The normalized spacial score (nSPS) is 16.1. The highest BCUT2D eigenvalue weighted by molar-refractivity contribution is 5.75. The fraction of sp³-hybridized carbons (Fsp3) is 0.235. The van der Waals surface area contributed by atoms with E-state index in [0.717, 1.165) is 0 Å². The van der Waals surface area contributed by atoms with Gasteiger partial charge < -0.3 is 24.3 Å². The summed E-state index contributed by atoms with van der Waals surface area (Å²) >= 11 is 0. The first-order valence-corrected chi connectivity index (χ1v) is 7.85. The van der Waals surface area contributed by atoms with Crippen molar-refractivity contribution in [1.29, 1.82) is 0 Å². The molecule has 0 unspecified atom stereocenters. The van der Waals surface area contributed by atoms with Crippen LogP contribution in [0.3, 0.4) is 0 Å². The maximum absolute atomic E-state index is 13.5. The van der Waals surface area contributed by atoms with Gasteiger partial charge in [-0.25, -0.2) is 4.79 Å². The van der Waals surface area contributed by atoms with Gasteiger partial charge in [0.05, 0.1) is 0 Å². The van der Waals surface area contributed by atoms with E-state index in [4.69, 9.17) is 18.9 Å². The standard InChI is InChI=1S/C17H13F3N2O5/c18-16(19,20)17(26-12-3-1-2-4-13(12)27-17)22-15(23)21-8-10-5-6-11-14(7-10)25-9-24-11/h1-7H,8-9H2,(H2,21,22,23). The Morgan fingerprint density at radius 1 is 1.00 bits per heavy atom. The number of carbonyl (C=O) groups excluding carboxylic acids is 1. The van der Waals surface area contributed by atoms with Gasteiger partial charge in [0.1, 0.15) is 0 Å². The Bertz CT molecular complexity index is 862. The van der Waals surface area contributed by atoms with Gasteiger partial charge in [-0.2, -0.15) is 13.2 Å². The van der Waals surface area contributed by atoms with Crippen LogP contribution < -0.4 is 29.6 Å². The Kier molecular flexibility index (Phi) is 3.90. The van der Waals surface area contributed by atoms with E-state index in [-0.39, 0.29) is 24.8 Å². The highest BCUT2D eigenvalue weighted by Crippen LogP contribution is 2.44. The molecule has 2 aliphatic rings. The van der Waals surface area contributed by atoms with Crippen LogP contribution in [0, 0.1) is 0 Å². The van der Waals surface area contributed by atoms with Gasteiger partial charge in [-0.1, -0.05) is 18.2 Å². The quantitative estimate of drug-likeness (QED) is 0.854. The van der Waals surface area contributed by atoms with Crippen LogP contribution in [0.2, 0.25) is 0 Å². The number of nitrogens with one attached hydrogen (secondary N) is 2. The van der Waals surface area contributed by atoms with E-state index >= 15 is 0 Å². The number of para-hydroxylation sites is 2. The van der Waals surface area contributed by atoms with Crippen molar-refractivity contribution in [3.8, 4) is 23.0 Å². The fourth-order valence-corrected chi connectivity index (χ4v) is 2.61. The number of carbonyl (C=O) groups is 1. The second-order valence-electron chi connectivity index (χ2n) is 5.76. The molecule has 2 aliphatic heterocycles. The first-order valence-electron chi connectivity index (χ1n) is 7.85. The molecule has 10 heteroatoms. The summed E-state index contributed by atoms with van der Waals surface area (Å²) in [5, 5.41) is 4.06. The first kappa shape index (κ1) is 17.1. The third kappa shape index (κ3) is 3.14. The molecule has 0 saturated carbocycles. The van der Waals surface area contributed by atoms with Crippen LogP contribution in [0.1, 0.15) is 5.56 Å². The van der Waals surface area contributed by atoms with Crippen molar-refractivity contribution in [2.45, 2.75) is 18.6 Å². The SMILES string of the molecule is O=C(NCc1ccc2c(c1)OCO2)NC1(C(F)(F)F)Oc2ccccc2O1. The number of hydrogen-bond acceptors (Lipinski definition) is 5. The van der Waals surface area contributed by atoms with Crippen molar-refractivity contribution < 1.29 is 36.9 Å². The molecule has 0 aliphatic carbocycles. The number of halogens is 3. The third-order valence-corrected chi connectivity index (χ3v) is 3.90. The van der Waals surface area contributed by atoms with Crippen molar-refractivity contribution >= 4 is 6.03 Å². The second-order valence-corrected chi connectivity index (χ2v) is 5.76.